The fourth-order valence-electron chi connectivity index (χ4n) is 8.92. The maximum absolute atomic E-state index is 5.29. The number of benzene rings is 9. The summed E-state index contributed by atoms with van der Waals surface area (Å²) in [5.41, 5.74) is 13.0. The molecule has 0 N–H and O–H groups in total. The molecule has 290 valence electrons. The van der Waals surface area contributed by atoms with Gasteiger partial charge in [-0.2, -0.15) is 0 Å². The van der Waals surface area contributed by atoms with Gasteiger partial charge in [0.05, 0.1) is 11.0 Å². The number of fused-ring (bicyclic) bond motifs is 6. The maximum atomic E-state index is 5.29. The second-order valence-corrected chi connectivity index (χ2v) is 16.7. The molecule has 4 nitrogen and oxygen atoms in total. The third-order valence-corrected chi connectivity index (χ3v) is 13.0. The third kappa shape index (κ3) is 6.26. The van der Waals surface area contributed by atoms with Gasteiger partial charge in [0.2, 0.25) is 0 Å². The van der Waals surface area contributed by atoms with Crippen LogP contribution in [-0.2, 0) is 0 Å². The second kappa shape index (κ2) is 14.9. The summed E-state index contributed by atoms with van der Waals surface area (Å²) in [7, 11) is 0. The second-order valence-electron chi connectivity index (χ2n) is 15.6. The van der Waals surface area contributed by atoms with E-state index in [2.05, 4.69) is 205 Å². The fourth-order valence-corrected chi connectivity index (χ4v) is 10.0. The predicted octanol–water partition coefficient (Wildman–Crippen LogP) is 15.3. The molecule has 0 spiro atoms. The number of hydrogen-bond acceptors (Lipinski definition) is 4. The van der Waals surface area contributed by atoms with Crippen LogP contribution in [0.3, 0.4) is 0 Å². The number of para-hydroxylation sites is 1. The molecule has 3 aromatic heterocycles. The summed E-state index contributed by atoms with van der Waals surface area (Å²) in [5, 5.41) is 5.02. The molecule has 0 saturated heterocycles. The highest BCUT2D eigenvalue weighted by Gasteiger charge is 2.19. The SMILES string of the molecule is c1ccc(-c2cc(-c3ccccc3)cc(-c3nc(-c4ccccc4)nc(-c4cccc(-n5c6ccccc6c6ccc(-c7cccc8sc9ccccc9c78)cc65)c4)n3)c2)cc1. The van der Waals surface area contributed by atoms with Crippen LogP contribution in [0.4, 0.5) is 0 Å². The van der Waals surface area contributed by atoms with Crippen LogP contribution in [0.15, 0.2) is 218 Å². The largest absolute Gasteiger partial charge is 0.309 e. The fraction of sp³-hybridized carbons (Fsp3) is 0. The van der Waals surface area contributed by atoms with Gasteiger partial charge >= 0.3 is 0 Å². The van der Waals surface area contributed by atoms with E-state index in [1.54, 1.807) is 0 Å². The molecule has 0 radical (unpaired) electrons. The molecule has 0 atom stereocenters. The number of aromatic nitrogens is 4. The monoisotopic (exact) mass is 808 g/mol. The summed E-state index contributed by atoms with van der Waals surface area (Å²) in [6.07, 6.45) is 0. The minimum atomic E-state index is 0.611. The standard InChI is InChI=1S/C57H36N4S/c1-4-16-37(17-5-1)42-32-43(38-18-6-2-7-19-38)34-44(33-42)57-59-55(39-20-8-3-9-21-39)58-56(60-57)41-22-14-23-45(35-41)61-50-27-12-10-24-47(50)48-31-30-40(36-51(48)61)46-26-15-29-53-54(46)49-25-11-13-28-52(49)62-53/h1-36H. The van der Waals surface area contributed by atoms with E-state index < -0.39 is 0 Å². The zero-order valence-corrected chi connectivity index (χ0v) is 34.3. The van der Waals surface area contributed by atoms with Gasteiger partial charge in [-0.15, -0.1) is 11.3 Å². The van der Waals surface area contributed by atoms with Gasteiger partial charge in [0, 0.05) is 53.3 Å². The van der Waals surface area contributed by atoms with E-state index >= 15 is 0 Å². The van der Waals surface area contributed by atoms with Gasteiger partial charge in [0.1, 0.15) is 0 Å². The first-order valence-electron chi connectivity index (χ1n) is 20.8. The van der Waals surface area contributed by atoms with Crippen LogP contribution < -0.4 is 0 Å². The van der Waals surface area contributed by atoms with Crippen molar-refractivity contribution in [2.24, 2.45) is 0 Å². The molecule has 0 aliphatic heterocycles. The molecule has 5 heteroatoms. The smallest absolute Gasteiger partial charge is 0.164 e. The van der Waals surface area contributed by atoms with Gasteiger partial charge < -0.3 is 4.57 Å². The van der Waals surface area contributed by atoms with Crippen molar-refractivity contribution >= 4 is 53.3 Å². The highest BCUT2D eigenvalue weighted by Crippen LogP contribution is 2.42. The normalized spacial score (nSPS) is 11.5. The molecule has 0 unspecified atom stereocenters. The first-order chi connectivity index (χ1) is 30.7. The van der Waals surface area contributed by atoms with Crippen molar-refractivity contribution in [3.05, 3.63) is 218 Å². The average Bonchev–Trinajstić information content (AvgIpc) is 3.90. The van der Waals surface area contributed by atoms with E-state index in [1.165, 1.54) is 42.1 Å². The Hall–Kier alpha value is -7.99. The summed E-state index contributed by atoms with van der Waals surface area (Å²) in [5.74, 6) is 1.85. The molecule has 0 fully saturated rings. The van der Waals surface area contributed by atoms with Gasteiger partial charge in [-0.1, -0.05) is 164 Å². The van der Waals surface area contributed by atoms with Crippen molar-refractivity contribution in [2.75, 3.05) is 0 Å². The van der Waals surface area contributed by atoms with Crippen LogP contribution in [0.1, 0.15) is 0 Å². The van der Waals surface area contributed by atoms with Crippen molar-refractivity contribution in [2.45, 2.75) is 0 Å². The van der Waals surface area contributed by atoms with Crippen molar-refractivity contribution in [3.63, 3.8) is 0 Å². The van der Waals surface area contributed by atoms with E-state index in [9.17, 15) is 0 Å². The Morgan fingerprint density at radius 3 is 1.56 bits per heavy atom. The summed E-state index contributed by atoms with van der Waals surface area (Å²) >= 11 is 1.85. The van der Waals surface area contributed by atoms with Gasteiger partial charge in [-0.05, 0) is 88.0 Å². The minimum absolute atomic E-state index is 0.611. The van der Waals surface area contributed by atoms with Crippen LogP contribution in [0.2, 0.25) is 0 Å². The lowest BCUT2D eigenvalue weighted by Crippen LogP contribution is -2.01. The molecule has 0 bridgehead atoms. The summed E-state index contributed by atoms with van der Waals surface area (Å²) in [4.78, 5) is 15.6. The highest BCUT2D eigenvalue weighted by atomic mass is 32.1. The molecule has 12 aromatic rings. The Balaban J connectivity index is 1.04. The van der Waals surface area contributed by atoms with Crippen LogP contribution in [0.25, 0.3) is 115 Å². The Labute approximate surface area is 362 Å². The molecule has 12 rings (SSSR count). The highest BCUT2D eigenvalue weighted by molar-refractivity contribution is 7.25. The molecule has 0 aliphatic carbocycles. The summed E-state index contributed by atoms with van der Waals surface area (Å²) < 4.78 is 4.99. The molecule has 0 amide bonds. The van der Waals surface area contributed by atoms with Gasteiger partial charge in [-0.25, -0.2) is 15.0 Å². The van der Waals surface area contributed by atoms with Gasteiger partial charge in [0.25, 0.3) is 0 Å². The number of nitrogens with zero attached hydrogens (tertiary/aromatic N) is 4. The predicted molar refractivity (Wildman–Crippen MR) is 260 cm³/mol. The van der Waals surface area contributed by atoms with Crippen LogP contribution in [0.5, 0.6) is 0 Å². The third-order valence-electron chi connectivity index (χ3n) is 11.8. The van der Waals surface area contributed by atoms with Crippen molar-refractivity contribution < 1.29 is 0 Å². The first-order valence-corrected chi connectivity index (χ1v) is 21.7. The number of hydrogen-bond donors (Lipinski definition) is 0. The van der Waals surface area contributed by atoms with E-state index in [0.717, 1.165) is 55.7 Å². The van der Waals surface area contributed by atoms with E-state index in [1.807, 2.05) is 29.5 Å². The summed E-state index contributed by atoms with van der Waals surface area (Å²) in [6, 6.07) is 77.5. The lowest BCUT2D eigenvalue weighted by Gasteiger charge is -2.13. The summed E-state index contributed by atoms with van der Waals surface area (Å²) in [6.45, 7) is 0. The molecular formula is C57H36N4S. The van der Waals surface area contributed by atoms with E-state index in [4.69, 9.17) is 15.0 Å². The molecule has 62 heavy (non-hydrogen) atoms. The molecule has 0 aliphatic rings. The van der Waals surface area contributed by atoms with Crippen LogP contribution >= 0.6 is 11.3 Å². The Bertz CT molecular complexity index is 3570. The molecule has 9 aromatic carbocycles. The quantitative estimate of drug-likeness (QED) is 0.161. The Morgan fingerprint density at radius 2 is 0.839 bits per heavy atom. The van der Waals surface area contributed by atoms with Gasteiger partial charge in [0.15, 0.2) is 17.5 Å². The topological polar surface area (TPSA) is 43.6 Å². The zero-order valence-electron chi connectivity index (χ0n) is 33.5. The molecule has 0 saturated carbocycles. The van der Waals surface area contributed by atoms with E-state index in [-0.39, 0.29) is 0 Å². The number of rotatable bonds is 7. The first kappa shape index (κ1) is 35.9. The molecule has 3 heterocycles. The van der Waals surface area contributed by atoms with Crippen molar-refractivity contribution in [1.29, 1.82) is 0 Å². The lowest BCUT2D eigenvalue weighted by atomic mass is 9.96. The molecular weight excluding hydrogens is 773 g/mol. The Morgan fingerprint density at radius 1 is 0.306 bits per heavy atom. The lowest BCUT2D eigenvalue weighted by molar-refractivity contribution is 1.07. The van der Waals surface area contributed by atoms with Crippen molar-refractivity contribution in [1.82, 2.24) is 19.5 Å². The van der Waals surface area contributed by atoms with Gasteiger partial charge in [-0.3, -0.25) is 0 Å². The number of thiophene rings is 1. The van der Waals surface area contributed by atoms with Crippen LogP contribution in [-0.4, -0.2) is 19.5 Å². The van der Waals surface area contributed by atoms with Crippen molar-refractivity contribution in [3.8, 4) is 73.2 Å². The minimum Gasteiger partial charge on any atom is -0.309 e. The average molecular weight is 809 g/mol. The zero-order chi connectivity index (χ0) is 41.0. The Kier molecular flexibility index (Phi) is 8.65. The van der Waals surface area contributed by atoms with Crippen LogP contribution in [0, 0.1) is 0 Å². The van der Waals surface area contributed by atoms with E-state index in [0.29, 0.717) is 17.5 Å². The maximum Gasteiger partial charge on any atom is 0.164 e.